The van der Waals surface area contributed by atoms with Gasteiger partial charge in [0.05, 0.1) is 0 Å². The Hall–Kier alpha value is -1.75. The topological polar surface area (TPSA) is 91.0 Å². The van der Waals surface area contributed by atoms with Gasteiger partial charge < -0.3 is 15.9 Å². The fourth-order valence-electron chi connectivity index (χ4n) is 1.32. The SMILES string of the molecule is Nc1cc(-c2nnc(N)o2)cc(C(F)(F)P)c1. The summed E-state index contributed by atoms with van der Waals surface area (Å²) < 4.78 is 31.2. The maximum Gasteiger partial charge on any atom is 0.313 e. The number of hydrogen-bond donors (Lipinski definition) is 2. The van der Waals surface area contributed by atoms with Crippen molar-refractivity contribution in [2.75, 3.05) is 11.5 Å². The normalized spacial score (nSPS) is 11.7. The number of aromatic nitrogens is 2. The first kappa shape index (κ1) is 11.7. The minimum atomic E-state index is -3.07. The molecule has 1 aromatic carbocycles. The molecule has 0 aliphatic heterocycles. The number of nitrogens with two attached hydrogens (primary N) is 2. The molecule has 2 aromatic rings. The minimum absolute atomic E-state index is 0.0466. The van der Waals surface area contributed by atoms with Gasteiger partial charge in [0.2, 0.25) is 5.89 Å². The van der Waals surface area contributed by atoms with Gasteiger partial charge in [-0.1, -0.05) is 14.3 Å². The predicted octanol–water partition coefficient (Wildman–Crippen LogP) is 1.83. The van der Waals surface area contributed by atoms with E-state index in [1.54, 1.807) is 0 Å². The van der Waals surface area contributed by atoms with Crippen LogP contribution >= 0.6 is 9.24 Å². The highest BCUT2D eigenvalue weighted by atomic mass is 31.0. The molecule has 1 heterocycles. The van der Waals surface area contributed by atoms with Gasteiger partial charge in [-0.05, 0) is 18.2 Å². The molecule has 2 rings (SSSR count). The average Bonchev–Trinajstić information content (AvgIpc) is 2.62. The molecular formula is C9H9F2N4OP. The summed E-state index contributed by atoms with van der Waals surface area (Å²) in [7, 11) is 1.44. The second-order valence-electron chi connectivity index (χ2n) is 3.41. The lowest BCUT2D eigenvalue weighted by molar-refractivity contribution is 0.104. The van der Waals surface area contributed by atoms with E-state index in [4.69, 9.17) is 15.9 Å². The molecule has 4 N–H and O–H groups in total. The number of rotatable bonds is 2. The van der Waals surface area contributed by atoms with Gasteiger partial charge in [0, 0.05) is 16.8 Å². The first-order chi connectivity index (χ1) is 7.86. The molecule has 1 unspecified atom stereocenters. The highest BCUT2D eigenvalue weighted by Gasteiger charge is 2.26. The molecule has 0 spiro atoms. The van der Waals surface area contributed by atoms with Crippen molar-refractivity contribution >= 4 is 20.9 Å². The van der Waals surface area contributed by atoms with E-state index in [1.807, 2.05) is 0 Å². The summed E-state index contributed by atoms with van der Waals surface area (Å²) in [6.45, 7) is 0. The quantitative estimate of drug-likeness (QED) is 0.633. The summed E-state index contributed by atoms with van der Waals surface area (Å²) in [5, 5.41) is 7.04. The highest BCUT2D eigenvalue weighted by molar-refractivity contribution is 7.17. The maximum atomic E-state index is 13.2. The summed E-state index contributed by atoms with van der Waals surface area (Å²) in [4.78, 5) is 0. The zero-order chi connectivity index (χ0) is 12.6. The van der Waals surface area contributed by atoms with Crippen LogP contribution in [0.15, 0.2) is 22.6 Å². The monoisotopic (exact) mass is 258 g/mol. The number of hydrogen-bond acceptors (Lipinski definition) is 5. The zero-order valence-corrected chi connectivity index (χ0v) is 9.68. The number of alkyl halides is 2. The molecule has 17 heavy (non-hydrogen) atoms. The number of benzene rings is 1. The molecule has 0 saturated carbocycles. The zero-order valence-electron chi connectivity index (χ0n) is 8.52. The van der Waals surface area contributed by atoms with Crippen LogP contribution in [0.4, 0.5) is 20.5 Å². The van der Waals surface area contributed by atoms with Gasteiger partial charge in [-0.25, -0.2) is 0 Å². The van der Waals surface area contributed by atoms with Crippen molar-refractivity contribution < 1.29 is 13.2 Å². The molecule has 0 bridgehead atoms. The average molecular weight is 258 g/mol. The third-order valence-corrected chi connectivity index (χ3v) is 2.36. The van der Waals surface area contributed by atoms with Gasteiger partial charge in [-0.15, -0.1) is 5.10 Å². The Morgan fingerprint density at radius 3 is 2.41 bits per heavy atom. The number of halogens is 2. The van der Waals surface area contributed by atoms with Crippen LogP contribution in [0.3, 0.4) is 0 Å². The molecule has 8 heteroatoms. The van der Waals surface area contributed by atoms with Crippen LogP contribution < -0.4 is 11.5 Å². The van der Waals surface area contributed by atoms with Gasteiger partial charge in [-0.3, -0.25) is 0 Å². The minimum Gasteiger partial charge on any atom is -0.404 e. The Balaban J connectivity index is 2.52. The molecule has 0 amide bonds. The highest BCUT2D eigenvalue weighted by Crippen LogP contribution is 2.37. The van der Waals surface area contributed by atoms with Crippen LogP contribution in [-0.2, 0) is 5.66 Å². The van der Waals surface area contributed by atoms with Crippen LogP contribution in [0.1, 0.15) is 5.56 Å². The third-order valence-electron chi connectivity index (χ3n) is 2.03. The van der Waals surface area contributed by atoms with Crippen molar-refractivity contribution in [2.45, 2.75) is 5.66 Å². The summed E-state index contributed by atoms with van der Waals surface area (Å²) in [6.07, 6.45) is 0. The predicted molar refractivity (Wildman–Crippen MR) is 62.2 cm³/mol. The van der Waals surface area contributed by atoms with Crippen molar-refractivity contribution in [3.05, 3.63) is 23.8 Å². The van der Waals surface area contributed by atoms with Gasteiger partial charge >= 0.3 is 6.01 Å². The van der Waals surface area contributed by atoms with Crippen LogP contribution in [0.25, 0.3) is 11.5 Å². The standard InChI is InChI=1S/C9H9F2N4OP/c10-9(11,17)5-1-4(2-6(12)3-5)7-14-15-8(13)16-7/h1-3H,12,17H2,(H2,13,15). The van der Waals surface area contributed by atoms with Gasteiger partial charge in [-0.2, -0.15) is 8.78 Å². The lowest BCUT2D eigenvalue weighted by Crippen LogP contribution is -2.03. The molecule has 90 valence electrons. The lowest BCUT2D eigenvalue weighted by atomic mass is 10.1. The molecular weight excluding hydrogens is 249 g/mol. The van der Waals surface area contributed by atoms with E-state index >= 15 is 0 Å². The Kier molecular flexibility index (Phi) is 2.71. The molecule has 0 aliphatic rings. The van der Waals surface area contributed by atoms with E-state index < -0.39 is 5.66 Å². The molecule has 1 aromatic heterocycles. The summed E-state index contributed by atoms with van der Waals surface area (Å²) in [5.74, 6) is 0.0466. The van der Waals surface area contributed by atoms with E-state index in [1.165, 1.54) is 27.4 Å². The van der Waals surface area contributed by atoms with Crippen molar-refractivity contribution in [1.29, 1.82) is 0 Å². The van der Waals surface area contributed by atoms with Crippen LogP contribution in [0, 0.1) is 0 Å². The lowest BCUT2D eigenvalue weighted by Gasteiger charge is -2.11. The van der Waals surface area contributed by atoms with E-state index in [9.17, 15) is 8.78 Å². The Labute approximate surface area is 97.4 Å². The van der Waals surface area contributed by atoms with Gasteiger partial charge in [0.15, 0.2) is 0 Å². The molecule has 0 aliphatic carbocycles. The molecule has 5 nitrogen and oxygen atoms in total. The molecule has 0 radical (unpaired) electrons. The second-order valence-corrected chi connectivity index (χ2v) is 4.14. The molecule has 0 fully saturated rings. The number of nitrogens with zero attached hydrogens (tertiary/aromatic N) is 2. The number of anilines is 2. The molecule has 1 atom stereocenters. The smallest absolute Gasteiger partial charge is 0.313 e. The van der Waals surface area contributed by atoms with Crippen molar-refractivity contribution in [3.63, 3.8) is 0 Å². The van der Waals surface area contributed by atoms with Crippen LogP contribution in [0.2, 0.25) is 0 Å². The van der Waals surface area contributed by atoms with Crippen molar-refractivity contribution in [2.24, 2.45) is 0 Å². The Morgan fingerprint density at radius 1 is 1.18 bits per heavy atom. The van der Waals surface area contributed by atoms with Crippen molar-refractivity contribution in [1.82, 2.24) is 10.2 Å². The van der Waals surface area contributed by atoms with Crippen LogP contribution in [0.5, 0.6) is 0 Å². The number of nitrogen functional groups attached to an aromatic ring is 2. The largest absolute Gasteiger partial charge is 0.404 e. The van der Waals surface area contributed by atoms with Gasteiger partial charge in [0.25, 0.3) is 5.66 Å². The fourth-order valence-corrected chi connectivity index (χ4v) is 1.49. The fraction of sp³-hybridized carbons (Fsp3) is 0.111. The third kappa shape index (κ3) is 2.50. The van der Waals surface area contributed by atoms with Gasteiger partial charge in [0.1, 0.15) is 0 Å². The molecule has 0 saturated heterocycles. The Bertz CT molecular complexity index is 552. The van der Waals surface area contributed by atoms with E-state index in [-0.39, 0.29) is 23.2 Å². The first-order valence-electron chi connectivity index (χ1n) is 4.53. The van der Waals surface area contributed by atoms with E-state index in [0.29, 0.717) is 5.56 Å². The van der Waals surface area contributed by atoms with E-state index in [0.717, 1.165) is 0 Å². The van der Waals surface area contributed by atoms with Crippen molar-refractivity contribution in [3.8, 4) is 11.5 Å². The maximum absolute atomic E-state index is 13.2. The summed E-state index contributed by atoms with van der Waals surface area (Å²) in [5.41, 5.74) is 7.94. The first-order valence-corrected chi connectivity index (χ1v) is 5.11. The van der Waals surface area contributed by atoms with E-state index in [2.05, 4.69) is 10.2 Å². The summed E-state index contributed by atoms with van der Waals surface area (Å²) in [6, 6.07) is 3.71. The van der Waals surface area contributed by atoms with Crippen LogP contribution in [-0.4, -0.2) is 10.2 Å². The summed E-state index contributed by atoms with van der Waals surface area (Å²) >= 11 is 0. The second kappa shape index (κ2) is 3.92. The Morgan fingerprint density at radius 2 is 1.88 bits per heavy atom.